The van der Waals surface area contributed by atoms with Crippen LogP contribution >= 0.6 is 0 Å². The zero-order valence-corrected chi connectivity index (χ0v) is 11.5. The fraction of sp³-hybridized carbons (Fsp3) is 0.923. The molecule has 0 aromatic carbocycles. The minimum atomic E-state index is -0.538. The molecule has 4 heteroatoms. The predicted molar refractivity (Wildman–Crippen MR) is 68.6 cm³/mol. The zero-order chi connectivity index (χ0) is 13.1. The molecule has 1 saturated heterocycles. The third kappa shape index (κ3) is 2.99. The van der Waals surface area contributed by atoms with Gasteiger partial charge in [0.1, 0.15) is 0 Å². The van der Waals surface area contributed by atoms with Gasteiger partial charge in [-0.3, -0.25) is 4.79 Å². The molecule has 3 unspecified atom stereocenters. The van der Waals surface area contributed by atoms with Crippen molar-refractivity contribution in [3.05, 3.63) is 0 Å². The Bertz CT molecular complexity index is 270. The highest BCUT2D eigenvalue weighted by Crippen LogP contribution is 2.29. The van der Waals surface area contributed by atoms with Crippen molar-refractivity contribution in [3.8, 4) is 0 Å². The highest BCUT2D eigenvalue weighted by atomic mass is 16.5. The molecule has 1 aliphatic rings. The van der Waals surface area contributed by atoms with Crippen molar-refractivity contribution in [3.63, 3.8) is 0 Å². The summed E-state index contributed by atoms with van der Waals surface area (Å²) in [6.45, 7) is 10.8. The number of carbonyl (C=O) groups is 1. The van der Waals surface area contributed by atoms with Crippen LogP contribution in [0.4, 0.5) is 0 Å². The van der Waals surface area contributed by atoms with Gasteiger partial charge in [-0.1, -0.05) is 20.3 Å². The van der Waals surface area contributed by atoms with Crippen molar-refractivity contribution >= 4 is 5.91 Å². The van der Waals surface area contributed by atoms with Crippen molar-refractivity contribution in [1.82, 2.24) is 4.90 Å². The molecular weight excluding hydrogens is 216 g/mol. The summed E-state index contributed by atoms with van der Waals surface area (Å²) in [5, 5.41) is 0. The third-order valence-electron chi connectivity index (χ3n) is 3.90. The summed E-state index contributed by atoms with van der Waals surface area (Å²) in [5.41, 5.74) is 5.46. The summed E-state index contributed by atoms with van der Waals surface area (Å²) in [6.07, 6.45) is 1.09. The number of hydrogen-bond donors (Lipinski definition) is 1. The molecule has 1 aliphatic heterocycles. The van der Waals surface area contributed by atoms with Gasteiger partial charge in [-0.25, -0.2) is 0 Å². The maximum absolute atomic E-state index is 12.5. The number of rotatable bonds is 5. The van der Waals surface area contributed by atoms with E-state index in [0.29, 0.717) is 19.1 Å². The summed E-state index contributed by atoms with van der Waals surface area (Å²) in [7, 11) is 0. The molecular formula is C13H26N2O2. The molecule has 17 heavy (non-hydrogen) atoms. The average Bonchev–Trinajstić information content (AvgIpc) is 2.66. The van der Waals surface area contributed by atoms with Crippen LogP contribution < -0.4 is 5.73 Å². The first-order chi connectivity index (χ1) is 7.95. The molecule has 0 radical (unpaired) electrons. The molecule has 0 spiro atoms. The first kappa shape index (κ1) is 14.5. The lowest BCUT2D eigenvalue weighted by Crippen LogP contribution is -2.52. The number of hydrogen-bond acceptors (Lipinski definition) is 3. The van der Waals surface area contributed by atoms with E-state index in [0.717, 1.165) is 19.5 Å². The predicted octanol–water partition coefficient (Wildman–Crippen LogP) is 1.24. The Balaban J connectivity index is 2.71. The quantitative estimate of drug-likeness (QED) is 0.789. The normalized spacial score (nSPS) is 30.3. The maximum Gasteiger partial charge on any atom is 0.232 e. The van der Waals surface area contributed by atoms with Gasteiger partial charge in [-0.15, -0.1) is 0 Å². The highest BCUT2D eigenvalue weighted by Gasteiger charge is 2.46. The monoisotopic (exact) mass is 242 g/mol. The summed E-state index contributed by atoms with van der Waals surface area (Å²) >= 11 is 0. The molecule has 2 N–H and O–H groups in total. The van der Waals surface area contributed by atoms with E-state index in [2.05, 4.69) is 13.8 Å². The van der Waals surface area contributed by atoms with Crippen LogP contribution in [-0.4, -0.2) is 43.2 Å². The van der Waals surface area contributed by atoms with Crippen molar-refractivity contribution < 1.29 is 9.53 Å². The minimum absolute atomic E-state index is 0.144. The molecule has 0 aliphatic carbocycles. The second-order valence-corrected chi connectivity index (χ2v) is 5.40. The Hall–Kier alpha value is -0.610. The Kier molecular flexibility index (Phi) is 4.95. The Morgan fingerprint density at radius 3 is 2.65 bits per heavy atom. The number of carbonyl (C=O) groups excluding carboxylic acids is 1. The number of nitrogens with zero attached hydrogens (tertiary/aromatic N) is 1. The van der Waals surface area contributed by atoms with E-state index in [1.165, 1.54) is 0 Å². The highest BCUT2D eigenvalue weighted by molar-refractivity contribution is 5.83. The van der Waals surface area contributed by atoms with Crippen LogP contribution in [-0.2, 0) is 9.53 Å². The van der Waals surface area contributed by atoms with Crippen LogP contribution in [0.2, 0.25) is 0 Å². The molecule has 1 amide bonds. The van der Waals surface area contributed by atoms with Crippen molar-refractivity contribution in [2.45, 2.75) is 40.2 Å². The molecule has 4 nitrogen and oxygen atoms in total. The summed E-state index contributed by atoms with van der Waals surface area (Å²) in [5.74, 6) is 0.673. The van der Waals surface area contributed by atoms with Crippen molar-refractivity contribution in [2.75, 3.05) is 26.3 Å². The SMILES string of the molecule is CCC(C)CN(CC)C(=O)C1(C)COCC1N. The molecule has 0 aromatic rings. The van der Waals surface area contributed by atoms with Gasteiger partial charge in [-0.05, 0) is 19.8 Å². The molecule has 0 aromatic heterocycles. The Morgan fingerprint density at radius 1 is 1.59 bits per heavy atom. The van der Waals surface area contributed by atoms with Gasteiger partial charge < -0.3 is 15.4 Å². The largest absolute Gasteiger partial charge is 0.379 e. The molecule has 3 atom stereocenters. The maximum atomic E-state index is 12.5. The van der Waals surface area contributed by atoms with Crippen molar-refractivity contribution in [1.29, 1.82) is 0 Å². The topological polar surface area (TPSA) is 55.6 Å². The van der Waals surface area contributed by atoms with E-state index in [4.69, 9.17) is 10.5 Å². The van der Waals surface area contributed by atoms with Gasteiger partial charge in [-0.2, -0.15) is 0 Å². The second kappa shape index (κ2) is 5.83. The lowest BCUT2D eigenvalue weighted by Gasteiger charge is -2.33. The van der Waals surface area contributed by atoms with Gasteiger partial charge in [0.2, 0.25) is 5.91 Å². The van der Waals surface area contributed by atoms with E-state index in [9.17, 15) is 4.79 Å². The molecule has 0 bridgehead atoms. The van der Waals surface area contributed by atoms with Crippen LogP contribution in [0.3, 0.4) is 0 Å². The first-order valence-electron chi connectivity index (χ1n) is 6.58. The molecule has 0 saturated carbocycles. The molecule has 1 fully saturated rings. The van der Waals surface area contributed by atoms with Gasteiger partial charge in [0.25, 0.3) is 0 Å². The number of amides is 1. The Labute approximate surface area is 104 Å². The number of nitrogens with two attached hydrogens (primary N) is 1. The molecule has 100 valence electrons. The van der Waals surface area contributed by atoms with Gasteiger partial charge in [0.15, 0.2) is 0 Å². The fourth-order valence-corrected chi connectivity index (χ4v) is 2.13. The lowest BCUT2D eigenvalue weighted by molar-refractivity contribution is -0.142. The molecule has 1 rings (SSSR count). The smallest absolute Gasteiger partial charge is 0.232 e. The van der Waals surface area contributed by atoms with Gasteiger partial charge in [0.05, 0.1) is 18.6 Å². The second-order valence-electron chi connectivity index (χ2n) is 5.40. The summed E-state index contributed by atoms with van der Waals surface area (Å²) < 4.78 is 5.35. The van der Waals surface area contributed by atoms with Crippen LogP contribution in [0.5, 0.6) is 0 Å². The van der Waals surface area contributed by atoms with E-state index in [-0.39, 0.29) is 11.9 Å². The standard InChI is InChI=1S/C13H26N2O2/c1-5-10(3)7-15(6-2)12(16)13(4)9-17-8-11(13)14/h10-11H,5-9,14H2,1-4H3. The van der Waals surface area contributed by atoms with E-state index in [1.54, 1.807) is 0 Å². The van der Waals surface area contributed by atoms with Gasteiger partial charge in [0, 0.05) is 19.1 Å². The van der Waals surface area contributed by atoms with Crippen LogP contribution in [0.1, 0.15) is 34.1 Å². The van der Waals surface area contributed by atoms with Crippen molar-refractivity contribution in [2.24, 2.45) is 17.1 Å². The lowest BCUT2D eigenvalue weighted by atomic mass is 9.84. The number of ether oxygens (including phenoxy) is 1. The third-order valence-corrected chi connectivity index (χ3v) is 3.90. The zero-order valence-electron chi connectivity index (χ0n) is 11.5. The first-order valence-corrected chi connectivity index (χ1v) is 6.58. The van der Waals surface area contributed by atoms with E-state index >= 15 is 0 Å². The minimum Gasteiger partial charge on any atom is -0.379 e. The summed E-state index contributed by atoms with van der Waals surface area (Å²) in [6, 6.07) is -0.180. The summed E-state index contributed by atoms with van der Waals surface area (Å²) in [4.78, 5) is 14.4. The van der Waals surface area contributed by atoms with Gasteiger partial charge >= 0.3 is 0 Å². The van der Waals surface area contributed by atoms with Crippen LogP contribution in [0.15, 0.2) is 0 Å². The van der Waals surface area contributed by atoms with Crippen LogP contribution in [0.25, 0.3) is 0 Å². The van der Waals surface area contributed by atoms with E-state index < -0.39 is 5.41 Å². The van der Waals surface area contributed by atoms with Crippen LogP contribution in [0, 0.1) is 11.3 Å². The molecule has 1 heterocycles. The fourth-order valence-electron chi connectivity index (χ4n) is 2.13. The average molecular weight is 242 g/mol. The van der Waals surface area contributed by atoms with E-state index in [1.807, 2.05) is 18.7 Å². The Morgan fingerprint density at radius 2 is 2.24 bits per heavy atom.